The molecule has 0 atom stereocenters. The van der Waals surface area contributed by atoms with Crippen molar-refractivity contribution in [2.45, 2.75) is 58.0 Å². The Hall–Kier alpha value is -3.02. The quantitative estimate of drug-likeness (QED) is 0.298. The molecule has 1 saturated heterocycles. The van der Waals surface area contributed by atoms with Gasteiger partial charge in [0.1, 0.15) is 15.7 Å². The molecular formula is C26H27F5N2O4S. The number of fused-ring (bicyclic) bond motifs is 1. The van der Waals surface area contributed by atoms with Crippen molar-refractivity contribution < 1.29 is 39.9 Å². The molecule has 0 unspecified atom stereocenters. The van der Waals surface area contributed by atoms with E-state index in [-0.39, 0.29) is 29.5 Å². The van der Waals surface area contributed by atoms with Crippen molar-refractivity contribution in [2.24, 2.45) is 5.41 Å². The fourth-order valence-corrected chi connectivity index (χ4v) is 6.56. The molecule has 2 aromatic rings. The second-order valence-corrected chi connectivity index (χ2v) is 12.9. The van der Waals surface area contributed by atoms with Gasteiger partial charge in [-0.1, -0.05) is 27.4 Å². The van der Waals surface area contributed by atoms with Gasteiger partial charge in [-0.05, 0) is 42.0 Å². The van der Waals surface area contributed by atoms with Crippen LogP contribution in [0.2, 0.25) is 0 Å². The van der Waals surface area contributed by atoms with Crippen LogP contribution in [0.15, 0.2) is 42.7 Å². The number of rotatable bonds is 7. The van der Waals surface area contributed by atoms with E-state index in [1.165, 1.54) is 4.90 Å². The molecule has 4 rings (SSSR count). The second-order valence-electron chi connectivity index (χ2n) is 10.6. The molecule has 2 aliphatic heterocycles. The molecule has 0 N–H and O–H groups in total. The Morgan fingerprint density at radius 2 is 1.82 bits per heavy atom. The SMILES string of the molecule is C=C1N(c2cc(OC(F)(F)C(F)F)c(F)cn2)c2ccc(C(=O)CC3(C)CCS(=O)(=O)CC3)cc2C1(C)C. The highest BCUT2D eigenvalue weighted by molar-refractivity contribution is 7.91. The van der Waals surface area contributed by atoms with Crippen molar-refractivity contribution >= 4 is 27.1 Å². The van der Waals surface area contributed by atoms with Gasteiger partial charge in [0.05, 0.1) is 23.4 Å². The van der Waals surface area contributed by atoms with Gasteiger partial charge in [0.25, 0.3) is 0 Å². The van der Waals surface area contributed by atoms with Crippen LogP contribution < -0.4 is 9.64 Å². The van der Waals surface area contributed by atoms with Crippen LogP contribution in [-0.4, -0.2) is 43.2 Å². The van der Waals surface area contributed by atoms with E-state index >= 15 is 0 Å². The number of allylic oxidation sites excluding steroid dienone is 1. The van der Waals surface area contributed by atoms with Gasteiger partial charge in [0.2, 0.25) is 0 Å². The number of anilines is 2. The van der Waals surface area contributed by atoms with Gasteiger partial charge in [-0.15, -0.1) is 0 Å². The van der Waals surface area contributed by atoms with E-state index in [0.29, 0.717) is 41.5 Å². The second kappa shape index (κ2) is 9.32. The maximum absolute atomic E-state index is 14.1. The zero-order valence-corrected chi connectivity index (χ0v) is 21.8. The Morgan fingerprint density at radius 3 is 2.42 bits per heavy atom. The van der Waals surface area contributed by atoms with E-state index in [1.807, 2.05) is 20.8 Å². The van der Waals surface area contributed by atoms with E-state index in [0.717, 1.165) is 6.07 Å². The number of hydrogen-bond acceptors (Lipinski definition) is 6. The number of carbonyl (C=O) groups excluding carboxylic acids is 1. The van der Waals surface area contributed by atoms with E-state index in [9.17, 15) is 35.2 Å². The lowest BCUT2D eigenvalue weighted by atomic mass is 9.77. The van der Waals surface area contributed by atoms with Crippen molar-refractivity contribution in [1.82, 2.24) is 4.98 Å². The average Bonchev–Trinajstić information content (AvgIpc) is 3.02. The van der Waals surface area contributed by atoms with E-state index in [1.54, 1.807) is 18.2 Å². The van der Waals surface area contributed by atoms with Crippen molar-refractivity contribution in [2.75, 3.05) is 16.4 Å². The molecule has 6 nitrogen and oxygen atoms in total. The summed E-state index contributed by atoms with van der Waals surface area (Å²) in [6.45, 7) is 9.61. The van der Waals surface area contributed by atoms with Gasteiger partial charge in [0, 0.05) is 29.2 Å². The van der Waals surface area contributed by atoms with Gasteiger partial charge in [0.15, 0.2) is 17.3 Å². The fraction of sp³-hybridized carbons (Fsp3) is 0.462. The van der Waals surface area contributed by atoms with Gasteiger partial charge < -0.3 is 4.74 Å². The van der Waals surface area contributed by atoms with Crippen LogP contribution >= 0.6 is 0 Å². The Morgan fingerprint density at radius 1 is 1.18 bits per heavy atom. The molecule has 0 spiro atoms. The molecule has 1 aromatic heterocycles. The third kappa shape index (κ3) is 5.14. The highest BCUT2D eigenvalue weighted by Crippen LogP contribution is 2.51. The lowest BCUT2D eigenvalue weighted by Gasteiger charge is -2.32. The largest absolute Gasteiger partial charge is 0.461 e. The van der Waals surface area contributed by atoms with Crippen molar-refractivity contribution in [3.05, 3.63) is 59.7 Å². The van der Waals surface area contributed by atoms with Crippen LogP contribution in [0.3, 0.4) is 0 Å². The number of sulfone groups is 1. The summed E-state index contributed by atoms with van der Waals surface area (Å²) in [5, 5.41) is 0. The number of pyridine rings is 1. The molecule has 0 saturated carbocycles. The normalized spacial score (nSPS) is 19.9. The average molecular weight is 559 g/mol. The number of aromatic nitrogens is 1. The molecule has 0 radical (unpaired) electrons. The molecule has 12 heteroatoms. The Labute approximate surface area is 217 Å². The maximum Gasteiger partial charge on any atom is 0.461 e. The predicted octanol–water partition coefficient (Wildman–Crippen LogP) is 6.19. The zero-order chi connectivity index (χ0) is 28.3. The van der Waals surface area contributed by atoms with Crippen LogP contribution in [-0.2, 0) is 15.3 Å². The summed E-state index contributed by atoms with van der Waals surface area (Å²) in [6.07, 6.45) is -7.53. The summed E-state index contributed by atoms with van der Waals surface area (Å²) < 4.78 is 93.9. The molecule has 1 fully saturated rings. The molecule has 0 aliphatic carbocycles. The first-order valence-corrected chi connectivity index (χ1v) is 13.7. The van der Waals surface area contributed by atoms with E-state index < -0.39 is 44.8 Å². The number of halogens is 5. The summed E-state index contributed by atoms with van der Waals surface area (Å²) in [7, 11) is -3.08. The number of alkyl halides is 4. The first-order valence-electron chi connectivity index (χ1n) is 11.8. The standard InChI is InChI=1S/C26H27F5N2O4S/c1-15-24(2,3)17-11-16(20(34)13-25(4)7-9-38(35,36)10-8-25)5-6-19(17)33(15)22-12-21(18(27)14-32-22)37-26(30,31)23(28)29/h5-6,11-12,14,23H,1,7-10,13H2,2-4H3. The molecule has 206 valence electrons. The maximum atomic E-state index is 14.1. The smallest absolute Gasteiger partial charge is 0.425 e. The minimum Gasteiger partial charge on any atom is -0.425 e. The third-order valence-corrected chi connectivity index (χ3v) is 9.03. The molecule has 1 aromatic carbocycles. The summed E-state index contributed by atoms with van der Waals surface area (Å²) in [5.74, 6) is -2.60. The van der Waals surface area contributed by atoms with Crippen LogP contribution in [0.25, 0.3) is 0 Å². The zero-order valence-electron chi connectivity index (χ0n) is 21.0. The highest BCUT2D eigenvalue weighted by atomic mass is 32.2. The van der Waals surface area contributed by atoms with E-state index in [4.69, 9.17) is 0 Å². The number of nitrogens with zero attached hydrogens (tertiary/aromatic N) is 2. The lowest BCUT2D eigenvalue weighted by Crippen LogP contribution is -2.33. The molecule has 2 aliphatic rings. The molecule has 3 heterocycles. The Balaban J connectivity index is 1.65. The predicted molar refractivity (Wildman–Crippen MR) is 131 cm³/mol. The van der Waals surface area contributed by atoms with Crippen LogP contribution in [0.5, 0.6) is 5.75 Å². The first-order chi connectivity index (χ1) is 17.5. The molecular weight excluding hydrogens is 531 g/mol. The van der Waals surface area contributed by atoms with Crippen molar-refractivity contribution in [1.29, 1.82) is 0 Å². The van der Waals surface area contributed by atoms with Crippen LogP contribution in [0.4, 0.5) is 33.5 Å². The van der Waals surface area contributed by atoms with E-state index in [2.05, 4.69) is 16.3 Å². The minimum atomic E-state index is -4.91. The van der Waals surface area contributed by atoms with Gasteiger partial charge in [-0.3, -0.25) is 9.69 Å². The highest BCUT2D eigenvalue weighted by Gasteiger charge is 2.45. The lowest BCUT2D eigenvalue weighted by molar-refractivity contribution is -0.254. The number of ketones is 1. The van der Waals surface area contributed by atoms with Crippen LogP contribution in [0.1, 0.15) is 56.0 Å². The van der Waals surface area contributed by atoms with Crippen molar-refractivity contribution in [3.8, 4) is 5.75 Å². The number of Topliss-reactive ketones (excluding diaryl/α,β-unsaturated/α-hetero) is 1. The number of carbonyl (C=O) groups is 1. The first kappa shape index (κ1) is 28.0. The number of benzene rings is 1. The number of hydrogen-bond donors (Lipinski definition) is 0. The van der Waals surface area contributed by atoms with Gasteiger partial charge in [-0.25, -0.2) is 17.8 Å². The Kier molecular flexibility index (Phi) is 6.87. The molecule has 38 heavy (non-hydrogen) atoms. The minimum absolute atomic E-state index is 0.0440. The molecule has 0 amide bonds. The summed E-state index contributed by atoms with van der Waals surface area (Å²) in [6, 6.07) is 5.68. The Bertz CT molecular complexity index is 1390. The summed E-state index contributed by atoms with van der Waals surface area (Å²) in [5.41, 5.74) is 0.786. The fourth-order valence-electron chi connectivity index (χ4n) is 4.75. The van der Waals surface area contributed by atoms with Gasteiger partial charge >= 0.3 is 12.5 Å². The monoisotopic (exact) mass is 558 g/mol. The summed E-state index contributed by atoms with van der Waals surface area (Å²) >= 11 is 0. The van der Waals surface area contributed by atoms with Crippen molar-refractivity contribution in [3.63, 3.8) is 0 Å². The van der Waals surface area contributed by atoms with Gasteiger partial charge in [-0.2, -0.15) is 17.6 Å². The third-order valence-electron chi connectivity index (χ3n) is 7.38. The summed E-state index contributed by atoms with van der Waals surface area (Å²) in [4.78, 5) is 18.6. The molecule has 0 bridgehead atoms. The number of ether oxygens (including phenoxy) is 1. The topological polar surface area (TPSA) is 76.6 Å². The van der Waals surface area contributed by atoms with Crippen LogP contribution in [0, 0.1) is 11.2 Å².